The molecule has 0 amide bonds. The number of hydrogen-bond acceptors (Lipinski definition) is 5. The quantitative estimate of drug-likeness (QED) is 0.197. The molecule has 0 nitrogen and oxygen atoms in total. The molecule has 0 aliphatic rings. The third-order valence-electron chi connectivity index (χ3n) is 7.43. The lowest BCUT2D eigenvalue weighted by molar-refractivity contribution is 1.82. The van der Waals surface area contributed by atoms with Gasteiger partial charge in [-0.3, -0.25) is 0 Å². The maximum Gasteiger partial charge on any atom is 0.0534 e. The average molecular weight is 561 g/mol. The molecule has 0 spiro atoms. The van der Waals surface area contributed by atoms with Crippen molar-refractivity contribution in [3.8, 4) is 22.3 Å². The van der Waals surface area contributed by atoms with Crippen LogP contribution in [0.3, 0.4) is 0 Å². The molecule has 0 radical (unpaired) electrons. The Morgan fingerprint density at radius 1 is 0.378 bits per heavy atom. The van der Waals surface area contributed by atoms with Crippen molar-refractivity contribution >= 4 is 117 Å². The summed E-state index contributed by atoms with van der Waals surface area (Å²) in [5, 5.41) is 17.4. The Hall–Kier alpha value is -3.06. The molecule has 5 heterocycles. The molecule has 9 rings (SSSR count). The van der Waals surface area contributed by atoms with E-state index in [0.29, 0.717) is 0 Å². The highest BCUT2D eigenvalue weighted by Gasteiger charge is 2.20. The van der Waals surface area contributed by atoms with Gasteiger partial charge in [0.1, 0.15) is 0 Å². The van der Waals surface area contributed by atoms with Crippen molar-refractivity contribution in [1.82, 2.24) is 0 Å². The van der Waals surface area contributed by atoms with Gasteiger partial charge in [-0.05, 0) is 69.0 Å². The molecule has 0 atom stereocenters. The van der Waals surface area contributed by atoms with Gasteiger partial charge in [-0.25, -0.2) is 0 Å². The summed E-state index contributed by atoms with van der Waals surface area (Å²) in [5.41, 5.74) is 5.42. The van der Waals surface area contributed by atoms with Crippen LogP contribution < -0.4 is 0 Å². The van der Waals surface area contributed by atoms with Gasteiger partial charge in [0.15, 0.2) is 0 Å². The van der Waals surface area contributed by atoms with Crippen molar-refractivity contribution in [3.05, 3.63) is 94.3 Å². The smallest absolute Gasteiger partial charge is 0.0534 e. The van der Waals surface area contributed by atoms with E-state index < -0.39 is 0 Å². The van der Waals surface area contributed by atoms with Crippen LogP contribution in [0.5, 0.6) is 0 Å². The molecular formula is C32H16S5. The van der Waals surface area contributed by atoms with Gasteiger partial charge in [0.25, 0.3) is 0 Å². The van der Waals surface area contributed by atoms with E-state index in [4.69, 9.17) is 0 Å². The van der Waals surface area contributed by atoms with Crippen molar-refractivity contribution in [3.63, 3.8) is 0 Å². The van der Waals surface area contributed by atoms with Gasteiger partial charge < -0.3 is 0 Å². The molecule has 9 aromatic rings. The number of thiophene rings is 5. The van der Waals surface area contributed by atoms with Crippen molar-refractivity contribution in [2.75, 3.05) is 0 Å². The molecule has 0 saturated carbocycles. The van der Waals surface area contributed by atoms with Gasteiger partial charge in [0, 0.05) is 52.8 Å². The van der Waals surface area contributed by atoms with Gasteiger partial charge in [-0.15, -0.1) is 56.7 Å². The second-order valence-electron chi connectivity index (χ2n) is 9.32. The fourth-order valence-electron chi connectivity index (χ4n) is 5.74. The van der Waals surface area contributed by atoms with Gasteiger partial charge in [-0.1, -0.05) is 36.4 Å². The second kappa shape index (κ2) is 7.73. The normalized spacial score (nSPS) is 12.3. The third kappa shape index (κ3) is 2.86. The summed E-state index contributed by atoms with van der Waals surface area (Å²) < 4.78 is 8.37. The van der Waals surface area contributed by atoms with Gasteiger partial charge in [-0.2, -0.15) is 0 Å². The highest BCUT2D eigenvalue weighted by atomic mass is 32.1. The Morgan fingerprint density at radius 3 is 1.38 bits per heavy atom. The molecule has 0 fully saturated rings. The highest BCUT2D eigenvalue weighted by molar-refractivity contribution is 7.33. The van der Waals surface area contributed by atoms with E-state index in [9.17, 15) is 0 Å². The molecule has 0 N–H and O–H groups in total. The highest BCUT2D eigenvalue weighted by Crippen LogP contribution is 2.51. The van der Waals surface area contributed by atoms with Crippen LogP contribution in [0.4, 0.5) is 0 Å². The van der Waals surface area contributed by atoms with Crippen LogP contribution in [-0.2, 0) is 0 Å². The predicted molar refractivity (Wildman–Crippen MR) is 172 cm³/mol. The summed E-state index contributed by atoms with van der Waals surface area (Å²) in [7, 11) is 0. The van der Waals surface area contributed by atoms with E-state index in [1.54, 1.807) is 0 Å². The first kappa shape index (κ1) is 20.9. The Labute approximate surface area is 232 Å². The van der Waals surface area contributed by atoms with Crippen LogP contribution in [0.2, 0.25) is 0 Å². The Bertz CT molecular complexity index is 2150. The maximum absolute atomic E-state index is 2.48. The SMILES string of the molecule is c1ccc2c(-c3cc4c5cc(-c6csc7ccccc67)c6ccsc6c5sc4c4sccc34)csc2c1. The zero-order valence-electron chi connectivity index (χ0n) is 19.3. The van der Waals surface area contributed by atoms with Crippen LogP contribution in [0, 0.1) is 0 Å². The molecule has 0 aliphatic heterocycles. The van der Waals surface area contributed by atoms with Crippen LogP contribution in [0.1, 0.15) is 0 Å². The number of benzene rings is 4. The monoisotopic (exact) mass is 560 g/mol. The molecule has 0 saturated heterocycles. The summed E-state index contributed by atoms with van der Waals surface area (Å²) in [6.07, 6.45) is 0. The standard InChI is InChI=1S/C32H16S5/c1-3-7-27-17(5-1)25(15-35-27)21-13-23-24-14-22(26-16-36-28-8-4-2-6-18(26)28)20-10-12-34-30(20)32(24)37-31(23)29-19(21)9-11-33-29/h1-16H. The molecule has 5 heteroatoms. The first-order valence-electron chi connectivity index (χ1n) is 12.0. The van der Waals surface area contributed by atoms with Crippen LogP contribution >= 0.6 is 56.7 Å². The molecule has 4 aromatic carbocycles. The fraction of sp³-hybridized carbons (Fsp3) is 0. The number of hydrogen-bond donors (Lipinski definition) is 0. The van der Waals surface area contributed by atoms with Gasteiger partial charge in [0.2, 0.25) is 0 Å². The summed E-state index contributed by atoms with van der Waals surface area (Å²) in [5.74, 6) is 0. The molecule has 5 aromatic heterocycles. The third-order valence-corrected chi connectivity index (χ3v) is 12.7. The van der Waals surface area contributed by atoms with Crippen molar-refractivity contribution in [2.45, 2.75) is 0 Å². The van der Waals surface area contributed by atoms with Crippen LogP contribution in [-0.4, -0.2) is 0 Å². The maximum atomic E-state index is 2.48. The van der Waals surface area contributed by atoms with Crippen molar-refractivity contribution in [1.29, 1.82) is 0 Å². The van der Waals surface area contributed by atoms with Crippen molar-refractivity contribution in [2.24, 2.45) is 0 Å². The minimum absolute atomic E-state index is 1.35. The Morgan fingerprint density at radius 2 is 0.865 bits per heavy atom. The first-order valence-corrected chi connectivity index (χ1v) is 16.4. The van der Waals surface area contributed by atoms with Gasteiger partial charge >= 0.3 is 0 Å². The summed E-state index contributed by atoms with van der Waals surface area (Å²) in [6.45, 7) is 0. The Balaban J connectivity index is 1.43. The van der Waals surface area contributed by atoms with E-state index in [0.717, 1.165) is 0 Å². The van der Waals surface area contributed by atoms with E-state index in [-0.39, 0.29) is 0 Å². The largest absolute Gasteiger partial charge is 0.143 e. The second-order valence-corrected chi connectivity index (χ2v) is 14.0. The van der Waals surface area contributed by atoms with Crippen LogP contribution in [0.15, 0.2) is 94.3 Å². The van der Waals surface area contributed by atoms with E-state index in [1.165, 1.54) is 82.8 Å². The summed E-state index contributed by atoms with van der Waals surface area (Å²) in [6, 6.07) is 27.2. The van der Waals surface area contributed by atoms with Crippen molar-refractivity contribution < 1.29 is 0 Å². The fourth-order valence-corrected chi connectivity index (χ4v) is 11.1. The predicted octanol–water partition coefficient (Wildman–Crippen LogP) is 12.2. The number of rotatable bonds is 2. The van der Waals surface area contributed by atoms with E-state index in [2.05, 4.69) is 94.3 Å². The zero-order valence-corrected chi connectivity index (χ0v) is 23.4. The van der Waals surface area contributed by atoms with Crippen LogP contribution in [0.25, 0.3) is 82.8 Å². The minimum Gasteiger partial charge on any atom is -0.143 e. The van der Waals surface area contributed by atoms with E-state index >= 15 is 0 Å². The molecule has 0 unspecified atom stereocenters. The topological polar surface area (TPSA) is 0 Å². The molecule has 0 aliphatic carbocycles. The molecule has 0 bridgehead atoms. The average Bonchev–Trinajstić information content (AvgIpc) is 3.75. The van der Waals surface area contributed by atoms with Gasteiger partial charge in [0.05, 0.1) is 18.8 Å². The summed E-state index contributed by atoms with van der Waals surface area (Å²) >= 11 is 9.42. The summed E-state index contributed by atoms with van der Waals surface area (Å²) in [4.78, 5) is 0. The Kier molecular flexibility index (Phi) is 4.37. The lowest BCUT2D eigenvalue weighted by Crippen LogP contribution is -1.80. The lowest BCUT2D eigenvalue weighted by atomic mass is 9.96. The lowest BCUT2D eigenvalue weighted by Gasteiger charge is -2.07. The molecule has 37 heavy (non-hydrogen) atoms. The molecular weight excluding hydrogens is 545 g/mol. The number of fused-ring (bicyclic) bond motifs is 9. The first-order chi connectivity index (χ1) is 18.3. The van der Waals surface area contributed by atoms with E-state index in [1.807, 2.05) is 56.7 Å². The zero-order chi connectivity index (χ0) is 24.1. The molecule has 174 valence electrons. The minimum atomic E-state index is 1.35.